The van der Waals surface area contributed by atoms with E-state index in [1.165, 1.54) is 6.20 Å². The molecule has 12 rings (SSSR count). The Morgan fingerprint density at radius 1 is 0.614 bits per heavy atom. The highest BCUT2D eigenvalue weighted by Crippen LogP contribution is 2.34. The van der Waals surface area contributed by atoms with E-state index >= 15 is 0 Å². The lowest BCUT2D eigenvalue weighted by molar-refractivity contribution is 0.0866. The number of methoxy groups -OCH3 is 2. The van der Waals surface area contributed by atoms with Crippen LogP contribution in [0.2, 0.25) is 0 Å². The number of aromatic nitrogens is 8. The highest BCUT2D eigenvalue weighted by Gasteiger charge is 2.21. The molecule has 2 aliphatic rings. The molecule has 0 amide bonds. The molecular formula is C51H50N10O8S. The molecule has 0 bridgehead atoms. The number of rotatable bonds is 9. The van der Waals surface area contributed by atoms with Gasteiger partial charge in [-0.15, -0.1) is 0 Å². The molecule has 4 aromatic carbocycles. The van der Waals surface area contributed by atoms with E-state index in [1.807, 2.05) is 89.5 Å². The van der Waals surface area contributed by atoms with Crippen LogP contribution < -0.4 is 20.5 Å². The highest BCUT2D eigenvalue weighted by molar-refractivity contribution is 7.90. The van der Waals surface area contributed by atoms with Crippen LogP contribution in [0.3, 0.4) is 0 Å². The van der Waals surface area contributed by atoms with Crippen molar-refractivity contribution in [3.8, 4) is 45.9 Å². The lowest BCUT2D eigenvalue weighted by atomic mass is 10.1. The van der Waals surface area contributed by atoms with E-state index in [-0.39, 0.29) is 5.16 Å². The Morgan fingerprint density at radius 2 is 1.13 bits per heavy atom. The maximum Gasteiger partial charge on any atom is 0.248 e. The molecule has 0 spiro atoms. The van der Waals surface area contributed by atoms with E-state index in [0.717, 1.165) is 125 Å². The molecule has 70 heavy (non-hydrogen) atoms. The number of benzene rings is 4. The molecule has 0 radical (unpaired) electrons. The molecular weight excluding hydrogens is 913 g/mol. The fourth-order valence-corrected chi connectivity index (χ4v) is 8.87. The second kappa shape index (κ2) is 20.1. The number of nitrogens with zero attached hydrogens (tertiary/aromatic N) is 8. The van der Waals surface area contributed by atoms with Crippen LogP contribution in [-0.2, 0) is 19.3 Å². The molecule has 2 fully saturated rings. The quantitative estimate of drug-likeness (QED) is 0.129. The van der Waals surface area contributed by atoms with Crippen molar-refractivity contribution in [2.24, 2.45) is 5.73 Å². The van der Waals surface area contributed by atoms with Crippen LogP contribution in [0, 0.1) is 0 Å². The van der Waals surface area contributed by atoms with Crippen LogP contribution in [0.5, 0.6) is 11.5 Å². The Kier molecular flexibility index (Phi) is 13.2. The van der Waals surface area contributed by atoms with Gasteiger partial charge in [0.25, 0.3) is 0 Å². The van der Waals surface area contributed by atoms with Gasteiger partial charge in [0.05, 0.1) is 48.8 Å². The second-order valence-electron chi connectivity index (χ2n) is 16.8. The summed E-state index contributed by atoms with van der Waals surface area (Å²) in [7, 11) is -0.318. The van der Waals surface area contributed by atoms with E-state index in [2.05, 4.69) is 30.9 Å². The summed E-state index contributed by atoms with van der Waals surface area (Å²) in [5.74, 6) is 4.58. The van der Waals surface area contributed by atoms with E-state index in [1.54, 1.807) is 39.0 Å². The maximum atomic E-state index is 12.0. The van der Waals surface area contributed by atoms with E-state index in [9.17, 15) is 8.42 Å². The fourth-order valence-electron chi connectivity index (χ4n) is 8.36. The summed E-state index contributed by atoms with van der Waals surface area (Å²) in [5.41, 5.74) is 12.2. The Balaban J connectivity index is 0.000000143. The summed E-state index contributed by atoms with van der Waals surface area (Å²) in [6, 6.07) is 31.3. The summed E-state index contributed by atoms with van der Waals surface area (Å²) in [6.45, 7) is 3.24. The Morgan fingerprint density at radius 3 is 1.63 bits per heavy atom. The zero-order chi connectivity index (χ0) is 48.2. The first kappa shape index (κ1) is 46.0. The summed E-state index contributed by atoms with van der Waals surface area (Å²) < 4.78 is 60.1. The van der Waals surface area contributed by atoms with Crippen LogP contribution in [0.25, 0.3) is 78.4 Å². The monoisotopic (exact) mass is 962 g/mol. The lowest BCUT2D eigenvalue weighted by Gasteiger charge is -2.23. The topological polar surface area (TPSA) is 223 Å². The number of furan rings is 2. The number of sulfone groups is 1. The average Bonchev–Trinajstić information content (AvgIpc) is 4.21. The standard InChI is InChI=1S/C25H23N5O3.C21H16N4O4S.C5H11NO/c1-31-19-3-4-21-20(15-19)28-24(17-2-5-22-16(14-17)7-13-33-22)30(21)23-6-10-26-25(29-23)27-18-8-11-32-12-9-18;1-28-15-4-5-17-16(12-15)23-20(14-3-6-18-13(11-14)8-10-29-18)25(17)19-7-9-22-21(24-19)30(2,26)27;6-5-1-3-7-4-2-5/h2-7,10,13-15,18H,8-9,11-12H2,1H3,(H,26,27,29);3-12H,1-2H3;5H,1-4,6H2. The van der Waals surface area contributed by atoms with Gasteiger partial charge in [-0.3, -0.25) is 9.13 Å². The Labute approximate surface area is 402 Å². The third kappa shape index (κ3) is 9.90. The third-order valence-electron chi connectivity index (χ3n) is 12.0. The van der Waals surface area contributed by atoms with Gasteiger partial charge in [-0.05, 0) is 111 Å². The van der Waals surface area contributed by atoms with Crippen molar-refractivity contribution >= 4 is 59.8 Å². The summed E-state index contributed by atoms with van der Waals surface area (Å²) in [4.78, 5) is 27.3. The van der Waals surface area contributed by atoms with Gasteiger partial charge in [-0.25, -0.2) is 33.3 Å². The van der Waals surface area contributed by atoms with Crippen molar-refractivity contribution < 1.29 is 36.2 Å². The first-order valence-electron chi connectivity index (χ1n) is 22.7. The van der Waals surface area contributed by atoms with Gasteiger partial charge < -0.3 is 38.8 Å². The first-order valence-corrected chi connectivity index (χ1v) is 24.6. The smallest absolute Gasteiger partial charge is 0.248 e. The van der Waals surface area contributed by atoms with E-state index in [0.29, 0.717) is 40.9 Å². The summed E-state index contributed by atoms with van der Waals surface area (Å²) >= 11 is 0. The van der Waals surface area contributed by atoms with Crippen molar-refractivity contribution in [3.05, 3.63) is 122 Å². The molecule has 8 heterocycles. The van der Waals surface area contributed by atoms with Crippen LogP contribution in [-0.4, -0.2) is 106 Å². The third-order valence-corrected chi connectivity index (χ3v) is 12.9. The van der Waals surface area contributed by atoms with E-state index in [4.69, 9.17) is 48.5 Å². The number of nitrogens with two attached hydrogens (primary N) is 1. The number of hydrogen-bond donors (Lipinski definition) is 2. The van der Waals surface area contributed by atoms with Gasteiger partial charge in [0, 0.05) is 91.2 Å². The maximum absolute atomic E-state index is 12.0. The largest absolute Gasteiger partial charge is 0.497 e. The van der Waals surface area contributed by atoms with Crippen molar-refractivity contribution in [2.75, 3.05) is 52.2 Å². The summed E-state index contributed by atoms with van der Waals surface area (Å²) in [6.07, 6.45) is 11.6. The molecule has 0 atom stereocenters. The Bertz CT molecular complexity index is 3560. The number of hydrogen-bond acceptors (Lipinski definition) is 16. The molecule has 2 aliphatic heterocycles. The van der Waals surface area contributed by atoms with Crippen molar-refractivity contribution in [2.45, 2.75) is 42.9 Å². The number of anilines is 1. The molecule has 0 unspecified atom stereocenters. The minimum atomic E-state index is -3.57. The molecule has 6 aromatic heterocycles. The van der Waals surface area contributed by atoms with Gasteiger partial charge in [-0.2, -0.15) is 4.98 Å². The van der Waals surface area contributed by atoms with Crippen LogP contribution >= 0.6 is 0 Å². The first-order chi connectivity index (χ1) is 34.1. The lowest BCUT2D eigenvalue weighted by Crippen LogP contribution is -2.28. The predicted octanol–water partition coefficient (Wildman–Crippen LogP) is 8.59. The van der Waals surface area contributed by atoms with Crippen LogP contribution in [0.1, 0.15) is 25.7 Å². The number of imidazole rings is 2. The van der Waals surface area contributed by atoms with Crippen molar-refractivity contribution in [1.82, 2.24) is 39.0 Å². The number of fused-ring (bicyclic) bond motifs is 4. The predicted molar refractivity (Wildman–Crippen MR) is 265 cm³/mol. The minimum absolute atomic E-state index is 0.244. The zero-order valence-corrected chi connectivity index (χ0v) is 39.5. The SMILES string of the molecule is COc1ccc2c(c1)nc(-c1ccc3occc3c1)n2-c1ccnc(NC2CCOCC2)n1.COc1ccc2c(c1)nc(-c1ccc3occc3c1)n2-c1ccnc(S(C)(=O)=O)n1.NC1CCOCC1. The van der Waals surface area contributed by atoms with Gasteiger partial charge >= 0.3 is 0 Å². The molecule has 19 heteroatoms. The van der Waals surface area contributed by atoms with Crippen molar-refractivity contribution in [3.63, 3.8) is 0 Å². The fraction of sp³-hybridized carbons (Fsp3) is 0.255. The molecule has 3 N–H and O–H groups in total. The second-order valence-corrected chi connectivity index (χ2v) is 18.7. The van der Waals surface area contributed by atoms with Gasteiger partial charge in [-0.1, -0.05) is 0 Å². The summed E-state index contributed by atoms with van der Waals surface area (Å²) in [5, 5.41) is 5.17. The van der Waals surface area contributed by atoms with Crippen molar-refractivity contribution in [1.29, 1.82) is 0 Å². The molecule has 10 aromatic rings. The molecule has 2 saturated heterocycles. The number of ether oxygens (including phenoxy) is 4. The van der Waals surface area contributed by atoms with E-state index < -0.39 is 9.84 Å². The van der Waals surface area contributed by atoms with Crippen LogP contribution in [0.4, 0.5) is 5.95 Å². The molecule has 358 valence electrons. The minimum Gasteiger partial charge on any atom is -0.497 e. The van der Waals surface area contributed by atoms with Gasteiger partial charge in [0.15, 0.2) is 0 Å². The van der Waals surface area contributed by atoms with Crippen LogP contribution in [0.15, 0.2) is 136 Å². The van der Waals surface area contributed by atoms with Gasteiger partial charge in [0.2, 0.25) is 20.9 Å². The Hall–Kier alpha value is -7.71. The highest BCUT2D eigenvalue weighted by atomic mass is 32.2. The molecule has 0 aliphatic carbocycles. The molecule has 18 nitrogen and oxygen atoms in total. The normalized spacial score (nSPS) is 14.6. The zero-order valence-electron chi connectivity index (χ0n) is 38.7. The average molecular weight is 963 g/mol. The number of nitrogens with one attached hydrogen (secondary N) is 1. The molecule has 0 saturated carbocycles. The van der Waals surface area contributed by atoms with Gasteiger partial charge in [0.1, 0.15) is 45.9 Å².